The van der Waals surface area contributed by atoms with E-state index in [1.165, 1.54) is 0 Å². The van der Waals surface area contributed by atoms with Crippen LogP contribution >= 0.6 is 11.6 Å². The molecular formula is C10H12ClF2NO2S. The van der Waals surface area contributed by atoms with Crippen LogP contribution < -0.4 is 4.72 Å². The Morgan fingerprint density at radius 3 is 2.59 bits per heavy atom. The first-order valence-corrected chi connectivity index (χ1v) is 6.89. The monoisotopic (exact) mass is 283 g/mol. The van der Waals surface area contributed by atoms with Crippen LogP contribution in [0.3, 0.4) is 0 Å². The van der Waals surface area contributed by atoms with E-state index in [0.29, 0.717) is 6.07 Å². The number of sulfonamides is 1. The van der Waals surface area contributed by atoms with E-state index in [4.69, 9.17) is 11.6 Å². The quantitative estimate of drug-likeness (QED) is 0.842. The van der Waals surface area contributed by atoms with E-state index in [-0.39, 0.29) is 18.3 Å². The molecule has 0 spiro atoms. The molecule has 0 heterocycles. The molecule has 1 N–H and O–H groups in total. The minimum Gasteiger partial charge on any atom is -0.211 e. The normalized spacial score (nSPS) is 13.6. The van der Waals surface area contributed by atoms with Gasteiger partial charge in [0.2, 0.25) is 10.0 Å². The first kappa shape index (κ1) is 14.3. The second-order valence-electron chi connectivity index (χ2n) is 3.69. The van der Waals surface area contributed by atoms with Crippen molar-refractivity contribution in [2.24, 2.45) is 5.92 Å². The standard InChI is InChI=1S/C10H12ClF2NO2S/c1-7(5-11)6-14-17(15,16)10-3-2-8(12)4-9(10)13/h2-4,7,14H,5-6H2,1H3. The second kappa shape index (κ2) is 5.75. The van der Waals surface area contributed by atoms with Gasteiger partial charge in [0, 0.05) is 18.5 Å². The number of nitrogens with one attached hydrogen (secondary N) is 1. The van der Waals surface area contributed by atoms with E-state index in [2.05, 4.69) is 4.72 Å². The van der Waals surface area contributed by atoms with Crippen LogP contribution in [0.4, 0.5) is 8.78 Å². The summed E-state index contributed by atoms with van der Waals surface area (Å²) in [7, 11) is -3.96. The Bertz CT molecular complexity index is 493. The lowest BCUT2D eigenvalue weighted by Crippen LogP contribution is -2.29. The molecule has 3 nitrogen and oxygen atoms in total. The molecule has 0 amide bonds. The zero-order valence-electron chi connectivity index (χ0n) is 9.08. The summed E-state index contributed by atoms with van der Waals surface area (Å²) in [6, 6.07) is 2.31. The Hall–Kier alpha value is -0.720. The van der Waals surface area contributed by atoms with Gasteiger partial charge in [-0.15, -0.1) is 11.6 Å². The molecule has 1 unspecified atom stereocenters. The summed E-state index contributed by atoms with van der Waals surface area (Å²) in [4.78, 5) is -0.569. The summed E-state index contributed by atoms with van der Waals surface area (Å²) in [5.74, 6) is -1.73. The molecule has 0 aliphatic carbocycles. The van der Waals surface area contributed by atoms with Crippen molar-refractivity contribution in [3.63, 3.8) is 0 Å². The lowest BCUT2D eigenvalue weighted by molar-refractivity contribution is 0.535. The summed E-state index contributed by atoms with van der Waals surface area (Å²) >= 11 is 5.52. The van der Waals surface area contributed by atoms with E-state index in [9.17, 15) is 17.2 Å². The molecule has 0 aromatic heterocycles. The van der Waals surface area contributed by atoms with Crippen LogP contribution in [0, 0.1) is 17.6 Å². The fourth-order valence-corrected chi connectivity index (χ4v) is 2.41. The van der Waals surface area contributed by atoms with Crippen molar-refractivity contribution in [1.29, 1.82) is 0 Å². The predicted octanol–water partition coefficient (Wildman–Crippen LogP) is 2.12. The maximum absolute atomic E-state index is 13.3. The molecule has 17 heavy (non-hydrogen) atoms. The van der Waals surface area contributed by atoms with E-state index in [1.807, 2.05) is 0 Å². The Morgan fingerprint density at radius 1 is 1.41 bits per heavy atom. The minimum atomic E-state index is -3.96. The van der Waals surface area contributed by atoms with Gasteiger partial charge >= 0.3 is 0 Å². The molecule has 0 saturated carbocycles. The molecule has 96 valence electrons. The van der Waals surface area contributed by atoms with E-state index < -0.39 is 26.6 Å². The molecule has 0 saturated heterocycles. The molecule has 0 radical (unpaired) electrons. The largest absolute Gasteiger partial charge is 0.243 e. The third-order valence-corrected chi connectivity index (χ3v) is 4.05. The number of hydrogen-bond acceptors (Lipinski definition) is 2. The summed E-state index contributed by atoms with van der Waals surface area (Å²) in [6.07, 6.45) is 0. The zero-order chi connectivity index (χ0) is 13.1. The van der Waals surface area contributed by atoms with Gasteiger partial charge in [0.05, 0.1) is 0 Å². The Labute approximate surface area is 104 Å². The molecule has 1 atom stereocenters. The van der Waals surface area contributed by atoms with E-state index >= 15 is 0 Å². The van der Waals surface area contributed by atoms with Crippen LogP contribution in [0.2, 0.25) is 0 Å². The van der Waals surface area contributed by atoms with Crippen molar-refractivity contribution in [3.8, 4) is 0 Å². The van der Waals surface area contributed by atoms with Crippen molar-refractivity contribution in [1.82, 2.24) is 4.72 Å². The van der Waals surface area contributed by atoms with Crippen molar-refractivity contribution in [2.45, 2.75) is 11.8 Å². The highest BCUT2D eigenvalue weighted by Gasteiger charge is 2.19. The van der Waals surface area contributed by atoms with Gasteiger partial charge in [-0.3, -0.25) is 0 Å². The molecule has 7 heteroatoms. The Morgan fingerprint density at radius 2 is 2.06 bits per heavy atom. The smallest absolute Gasteiger partial charge is 0.211 e. The van der Waals surface area contributed by atoms with E-state index in [1.54, 1.807) is 6.92 Å². The number of halogens is 3. The van der Waals surface area contributed by atoms with Gasteiger partial charge in [0.1, 0.15) is 16.5 Å². The van der Waals surface area contributed by atoms with E-state index in [0.717, 1.165) is 12.1 Å². The van der Waals surface area contributed by atoms with Crippen LogP contribution in [-0.4, -0.2) is 20.8 Å². The van der Waals surface area contributed by atoms with Crippen LogP contribution in [0.25, 0.3) is 0 Å². The molecular weight excluding hydrogens is 272 g/mol. The topological polar surface area (TPSA) is 46.2 Å². The van der Waals surface area contributed by atoms with Crippen molar-refractivity contribution in [3.05, 3.63) is 29.8 Å². The predicted molar refractivity (Wildman–Crippen MR) is 61.4 cm³/mol. The number of alkyl halides is 1. The highest BCUT2D eigenvalue weighted by Crippen LogP contribution is 2.15. The molecule has 1 rings (SSSR count). The van der Waals surface area contributed by atoms with Gasteiger partial charge in [-0.25, -0.2) is 21.9 Å². The summed E-state index contributed by atoms with van der Waals surface area (Å²) in [5.41, 5.74) is 0. The number of hydrogen-bond donors (Lipinski definition) is 1. The Balaban J connectivity index is 2.90. The first-order chi connectivity index (χ1) is 7.86. The lowest BCUT2D eigenvalue weighted by atomic mass is 10.2. The van der Waals surface area contributed by atoms with Gasteiger partial charge in [0.15, 0.2) is 0 Å². The second-order valence-corrected chi connectivity index (χ2v) is 5.73. The molecule has 0 aliphatic rings. The maximum Gasteiger partial charge on any atom is 0.243 e. The van der Waals surface area contributed by atoms with Crippen molar-refractivity contribution >= 4 is 21.6 Å². The van der Waals surface area contributed by atoms with Crippen molar-refractivity contribution in [2.75, 3.05) is 12.4 Å². The van der Waals surface area contributed by atoms with Crippen molar-refractivity contribution < 1.29 is 17.2 Å². The fraction of sp³-hybridized carbons (Fsp3) is 0.400. The van der Waals surface area contributed by atoms with Gasteiger partial charge in [-0.1, -0.05) is 6.92 Å². The third kappa shape index (κ3) is 3.90. The van der Waals surface area contributed by atoms with Crippen LogP contribution in [0.1, 0.15) is 6.92 Å². The SMILES string of the molecule is CC(CCl)CNS(=O)(=O)c1ccc(F)cc1F. The Kier molecular flexibility index (Phi) is 4.85. The summed E-state index contributed by atoms with van der Waals surface area (Å²) in [6.45, 7) is 1.85. The van der Waals surface area contributed by atoms with Gasteiger partial charge in [-0.05, 0) is 18.1 Å². The summed E-state index contributed by atoms with van der Waals surface area (Å²) < 4.78 is 51.4. The number of rotatable bonds is 5. The average molecular weight is 284 g/mol. The maximum atomic E-state index is 13.3. The highest BCUT2D eigenvalue weighted by atomic mass is 35.5. The first-order valence-electron chi connectivity index (χ1n) is 4.87. The van der Waals surface area contributed by atoms with Crippen LogP contribution in [-0.2, 0) is 10.0 Å². The minimum absolute atomic E-state index is 0.0741. The zero-order valence-corrected chi connectivity index (χ0v) is 10.7. The van der Waals surface area contributed by atoms with Gasteiger partial charge in [-0.2, -0.15) is 0 Å². The molecule has 1 aromatic carbocycles. The van der Waals surface area contributed by atoms with Gasteiger partial charge < -0.3 is 0 Å². The number of benzene rings is 1. The lowest BCUT2D eigenvalue weighted by Gasteiger charge is -2.10. The van der Waals surface area contributed by atoms with Gasteiger partial charge in [0.25, 0.3) is 0 Å². The fourth-order valence-electron chi connectivity index (χ4n) is 1.08. The van der Waals surface area contributed by atoms with Crippen LogP contribution in [0.5, 0.6) is 0 Å². The van der Waals surface area contributed by atoms with Crippen LogP contribution in [0.15, 0.2) is 23.1 Å². The third-order valence-electron chi connectivity index (χ3n) is 2.07. The molecule has 0 aliphatic heterocycles. The summed E-state index contributed by atoms with van der Waals surface area (Å²) in [5, 5.41) is 0. The molecule has 1 aromatic rings. The highest BCUT2D eigenvalue weighted by molar-refractivity contribution is 7.89. The molecule has 0 bridgehead atoms. The molecule has 0 fully saturated rings. The average Bonchev–Trinajstić information content (AvgIpc) is 2.25.